The fourth-order valence-electron chi connectivity index (χ4n) is 2.15. The largest absolute Gasteiger partial charge is 0.301 e. The molecule has 1 N–H and O–H groups in total. The average molecular weight is 239 g/mol. The van der Waals surface area contributed by atoms with Crippen molar-refractivity contribution < 1.29 is 0 Å². The van der Waals surface area contributed by atoms with Crippen molar-refractivity contribution in [3.05, 3.63) is 0 Å². The second-order valence-electron chi connectivity index (χ2n) is 5.15. The second-order valence-corrected chi connectivity index (χ2v) is 5.15. The molecule has 3 nitrogen and oxygen atoms in total. The SMILES string of the molecule is CCNC(C)(C#N)CCCCN(CC)C(C)C. The van der Waals surface area contributed by atoms with Gasteiger partial charge in [-0.1, -0.05) is 13.8 Å². The van der Waals surface area contributed by atoms with E-state index in [1.54, 1.807) is 0 Å². The van der Waals surface area contributed by atoms with Crippen LogP contribution in [0.4, 0.5) is 0 Å². The predicted molar refractivity (Wildman–Crippen MR) is 73.9 cm³/mol. The molecule has 0 bridgehead atoms. The van der Waals surface area contributed by atoms with Gasteiger partial charge in [0.15, 0.2) is 0 Å². The fourth-order valence-corrected chi connectivity index (χ4v) is 2.15. The molecular weight excluding hydrogens is 210 g/mol. The topological polar surface area (TPSA) is 39.1 Å². The molecule has 3 heteroatoms. The molecule has 0 radical (unpaired) electrons. The number of unbranched alkanes of at least 4 members (excludes halogenated alkanes) is 1. The van der Waals surface area contributed by atoms with Crippen molar-refractivity contribution in [2.75, 3.05) is 19.6 Å². The Morgan fingerprint density at radius 1 is 1.29 bits per heavy atom. The van der Waals surface area contributed by atoms with Crippen LogP contribution in [0.25, 0.3) is 0 Å². The van der Waals surface area contributed by atoms with Gasteiger partial charge in [0.25, 0.3) is 0 Å². The average Bonchev–Trinajstić information content (AvgIpc) is 2.29. The summed E-state index contributed by atoms with van der Waals surface area (Å²) in [6.07, 6.45) is 3.22. The summed E-state index contributed by atoms with van der Waals surface area (Å²) in [4.78, 5) is 2.47. The van der Waals surface area contributed by atoms with Crippen LogP contribution >= 0.6 is 0 Å². The summed E-state index contributed by atoms with van der Waals surface area (Å²) < 4.78 is 0. The summed E-state index contributed by atoms with van der Waals surface area (Å²) in [7, 11) is 0. The number of nitrogens with one attached hydrogen (secondary N) is 1. The van der Waals surface area contributed by atoms with Gasteiger partial charge in [-0.25, -0.2) is 0 Å². The molecule has 0 aromatic rings. The summed E-state index contributed by atoms with van der Waals surface area (Å²) in [5, 5.41) is 12.4. The maximum Gasteiger partial charge on any atom is 0.103 e. The van der Waals surface area contributed by atoms with Gasteiger partial charge in [0, 0.05) is 6.04 Å². The molecule has 0 rings (SSSR count). The first-order valence-corrected chi connectivity index (χ1v) is 6.89. The number of hydrogen-bond donors (Lipinski definition) is 1. The van der Waals surface area contributed by atoms with Crippen molar-refractivity contribution in [1.82, 2.24) is 10.2 Å². The second kappa shape index (κ2) is 8.49. The minimum atomic E-state index is -0.344. The smallest absolute Gasteiger partial charge is 0.103 e. The molecule has 17 heavy (non-hydrogen) atoms. The van der Waals surface area contributed by atoms with Crippen LogP contribution in [0.2, 0.25) is 0 Å². The van der Waals surface area contributed by atoms with Crippen molar-refractivity contribution in [3.8, 4) is 6.07 Å². The standard InChI is InChI=1S/C14H29N3/c1-6-16-14(5,12-15)10-8-9-11-17(7-2)13(3)4/h13,16H,6-11H2,1-5H3. The Morgan fingerprint density at radius 3 is 2.35 bits per heavy atom. The van der Waals surface area contributed by atoms with E-state index in [1.807, 2.05) is 13.8 Å². The van der Waals surface area contributed by atoms with Crippen LogP contribution in [0.1, 0.15) is 53.9 Å². The Balaban J connectivity index is 3.87. The molecule has 0 saturated heterocycles. The highest BCUT2D eigenvalue weighted by molar-refractivity contribution is 5.03. The molecule has 1 unspecified atom stereocenters. The third kappa shape index (κ3) is 6.65. The van der Waals surface area contributed by atoms with E-state index in [4.69, 9.17) is 5.26 Å². The monoisotopic (exact) mass is 239 g/mol. The summed E-state index contributed by atoms with van der Waals surface area (Å²) in [5.74, 6) is 0. The molecule has 0 aromatic carbocycles. The van der Waals surface area contributed by atoms with E-state index in [0.29, 0.717) is 6.04 Å². The number of hydrogen-bond acceptors (Lipinski definition) is 3. The van der Waals surface area contributed by atoms with Crippen molar-refractivity contribution in [3.63, 3.8) is 0 Å². The van der Waals surface area contributed by atoms with Crippen molar-refractivity contribution in [2.24, 2.45) is 0 Å². The third-order valence-corrected chi connectivity index (χ3v) is 3.32. The Morgan fingerprint density at radius 2 is 1.94 bits per heavy atom. The molecule has 1 atom stereocenters. The van der Waals surface area contributed by atoms with Crippen LogP contribution in [0.3, 0.4) is 0 Å². The highest BCUT2D eigenvalue weighted by Gasteiger charge is 2.21. The molecule has 0 aliphatic heterocycles. The van der Waals surface area contributed by atoms with Gasteiger partial charge in [-0.3, -0.25) is 5.32 Å². The zero-order valence-electron chi connectivity index (χ0n) is 12.2. The molecule has 0 aromatic heterocycles. The van der Waals surface area contributed by atoms with Crippen LogP contribution in [0, 0.1) is 11.3 Å². The maximum atomic E-state index is 9.14. The normalized spacial score (nSPS) is 14.9. The van der Waals surface area contributed by atoms with Crippen molar-refractivity contribution >= 4 is 0 Å². The summed E-state index contributed by atoms with van der Waals surface area (Å²) in [6.45, 7) is 13.8. The van der Waals surface area contributed by atoms with Gasteiger partial charge in [-0.15, -0.1) is 0 Å². The molecule has 0 aliphatic carbocycles. The predicted octanol–water partition coefficient (Wildman–Crippen LogP) is 2.78. The Bertz CT molecular complexity index is 232. The quantitative estimate of drug-likeness (QED) is 0.629. The lowest BCUT2D eigenvalue weighted by molar-refractivity contribution is 0.226. The van der Waals surface area contributed by atoms with Crippen LogP contribution in [-0.2, 0) is 0 Å². The van der Waals surface area contributed by atoms with E-state index >= 15 is 0 Å². The molecule has 0 amide bonds. The molecular formula is C14H29N3. The lowest BCUT2D eigenvalue weighted by Gasteiger charge is -2.26. The fraction of sp³-hybridized carbons (Fsp3) is 0.929. The lowest BCUT2D eigenvalue weighted by Crippen LogP contribution is -2.40. The van der Waals surface area contributed by atoms with E-state index in [-0.39, 0.29) is 5.54 Å². The summed E-state index contributed by atoms with van der Waals surface area (Å²) in [6, 6.07) is 3.00. The van der Waals surface area contributed by atoms with E-state index in [2.05, 4.69) is 37.1 Å². The van der Waals surface area contributed by atoms with Crippen LogP contribution < -0.4 is 5.32 Å². The zero-order chi connectivity index (χ0) is 13.3. The molecule has 0 aliphatic rings. The van der Waals surface area contributed by atoms with Crippen LogP contribution in [0.15, 0.2) is 0 Å². The van der Waals surface area contributed by atoms with Gasteiger partial charge in [0.1, 0.15) is 5.54 Å². The van der Waals surface area contributed by atoms with Gasteiger partial charge in [-0.2, -0.15) is 5.26 Å². The number of nitrogens with zero attached hydrogens (tertiary/aromatic N) is 2. The number of nitriles is 1. The minimum absolute atomic E-state index is 0.344. The molecule has 100 valence electrons. The van der Waals surface area contributed by atoms with Gasteiger partial charge >= 0.3 is 0 Å². The Labute approximate surface area is 107 Å². The van der Waals surface area contributed by atoms with E-state index in [1.165, 1.54) is 6.42 Å². The van der Waals surface area contributed by atoms with Crippen LogP contribution in [-0.4, -0.2) is 36.1 Å². The lowest BCUT2D eigenvalue weighted by atomic mass is 9.96. The van der Waals surface area contributed by atoms with Gasteiger partial charge in [-0.05, 0) is 59.7 Å². The molecule has 0 heterocycles. The van der Waals surface area contributed by atoms with Crippen molar-refractivity contribution in [1.29, 1.82) is 5.26 Å². The van der Waals surface area contributed by atoms with Gasteiger partial charge in [0.05, 0.1) is 6.07 Å². The highest BCUT2D eigenvalue weighted by Crippen LogP contribution is 2.13. The van der Waals surface area contributed by atoms with E-state index < -0.39 is 0 Å². The summed E-state index contributed by atoms with van der Waals surface area (Å²) >= 11 is 0. The first-order chi connectivity index (χ1) is 7.99. The van der Waals surface area contributed by atoms with E-state index in [9.17, 15) is 0 Å². The zero-order valence-corrected chi connectivity index (χ0v) is 12.2. The first-order valence-electron chi connectivity index (χ1n) is 6.89. The van der Waals surface area contributed by atoms with E-state index in [0.717, 1.165) is 32.5 Å². The van der Waals surface area contributed by atoms with Gasteiger partial charge < -0.3 is 4.90 Å². The Kier molecular flexibility index (Phi) is 8.20. The summed E-state index contributed by atoms with van der Waals surface area (Å²) in [5.41, 5.74) is -0.344. The number of rotatable bonds is 9. The maximum absolute atomic E-state index is 9.14. The molecule has 0 spiro atoms. The Hall–Kier alpha value is -0.590. The minimum Gasteiger partial charge on any atom is -0.301 e. The molecule has 0 saturated carbocycles. The highest BCUT2D eigenvalue weighted by atomic mass is 15.1. The molecule has 0 fully saturated rings. The van der Waals surface area contributed by atoms with Crippen molar-refractivity contribution in [2.45, 2.75) is 65.5 Å². The van der Waals surface area contributed by atoms with Crippen LogP contribution in [0.5, 0.6) is 0 Å². The first kappa shape index (κ1) is 16.4. The van der Waals surface area contributed by atoms with Gasteiger partial charge in [0.2, 0.25) is 0 Å². The third-order valence-electron chi connectivity index (χ3n) is 3.32.